The number of carboxylic acids is 1. The Balaban J connectivity index is 1.86. The van der Waals surface area contributed by atoms with Crippen molar-refractivity contribution >= 4 is 23.2 Å². The van der Waals surface area contributed by atoms with Gasteiger partial charge in [-0.1, -0.05) is 12.1 Å². The van der Waals surface area contributed by atoms with Crippen LogP contribution in [0.2, 0.25) is 0 Å². The molecule has 3 rings (SSSR count). The molecule has 0 bridgehead atoms. The molecule has 1 aromatic carbocycles. The van der Waals surface area contributed by atoms with Crippen LogP contribution < -0.4 is 0 Å². The molecule has 120 valence electrons. The maximum absolute atomic E-state index is 13.8. The number of carbonyl (C=O) groups excluding carboxylic acids is 1. The van der Waals surface area contributed by atoms with E-state index in [0.717, 1.165) is 11.3 Å². The van der Waals surface area contributed by atoms with Crippen LogP contribution in [0.25, 0.3) is 10.6 Å². The first kappa shape index (κ1) is 15.6. The minimum Gasteiger partial charge on any atom is -0.480 e. The summed E-state index contributed by atoms with van der Waals surface area (Å²) in [4.78, 5) is 29.1. The van der Waals surface area contributed by atoms with Crippen molar-refractivity contribution in [2.45, 2.75) is 6.04 Å². The van der Waals surface area contributed by atoms with Gasteiger partial charge in [0.25, 0.3) is 5.91 Å². The average molecular weight is 336 g/mol. The van der Waals surface area contributed by atoms with E-state index < -0.39 is 23.7 Å². The number of amides is 1. The van der Waals surface area contributed by atoms with E-state index in [2.05, 4.69) is 4.98 Å². The fraction of sp³-hybridized carbons (Fsp3) is 0.267. The van der Waals surface area contributed by atoms with Gasteiger partial charge in [0.15, 0.2) is 6.04 Å². The molecule has 1 saturated heterocycles. The van der Waals surface area contributed by atoms with Gasteiger partial charge in [0.05, 0.1) is 13.2 Å². The lowest BCUT2D eigenvalue weighted by Crippen LogP contribution is -2.52. The highest BCUT2D eigenvalue weighted by Crippen LogP contribution is 2.27. The normalized spacial score (nSPS) is 18.0. The Bertz CT molecular complexity index is 749. The molecule has 23 heavy (non-hydrogen) atoms. The second kappa shape index (κ2) is 6.43. The highest BCUT2D eigenvalue weighted by atomic mass is 32.1. The first-order chi connectivity index (χ1) is 11.1. The van der Waals surface area contributed by atoms with Crippen molar-refractivity contribution in [2.75, 3.05) is 19.8 Å². The molecule has 6 nitrogen and oxygen atoms in total. The number of halogens is 1. The first-order valence-electron chi connectivity index (χ1n) is 6.90. The number of carboxylic acid groups (broad SMARTS) is 1. The third-order valence-corrected chi connectivity index (χ3v) is 4.38. The van der Waals surface area contributed by atoms with E-state index in [0.29, 0.717) is 10.6 Å². The predicted molar refractivity (Wildman–Crippen MR) is 80.8 cm³/mol. The minimum absolute atomic E-state index is 0.0502. The van der Waals surface area contributed by atoms with E-state index in [1.807, 2.05) is 0 Å². The molecule has 1 unspecified atom stereocenters. The van der Waals surface area contributed by atoms with Crippen molar-refractivity contribution in [1.82, 2.24) is 9.88 Å². The Labute approximate surface area is 135 Å². The smallest absolute Gasteiger partial charge is 0.328 e. The van der Waals surface area contributed by atoms with Gasteiger partial charge in [0, 0.05) is 17.5 Å². The first-order valence-corrected chi connectivity index (χ1v) is 7.78. The molecule has 2 aromatic rings. The third kappa shape index (κ3) is 3.08. The van der Waals surface area contributed by atoms with Gasteiger partial charge in [0.1, 0.15) is 16.5 Å². The summed E-state index contributed by atoms with van der Waals surface area (Å²) in [6, 6.07) is 5.13. The molecule has 1 N–H and O–H groups in total. The van der Waals surface area contributed by atoms with Gasteiger partial charge in [-0.3, -0.25) is 4.79 Å². The monoisotopic (exact) mass is 336 g/mol. The molecule has 1 aliphatic heterocycles. The van der Waals surface area contributed by atoms with Crippen molar-refractivity contribution in [3.8, 4) is 10.6 Å². The number of rotatable bonds is 3. The molecule has 0 radical (unpaired) electrons. The van der Waals surface area contributed by atoms with Crippen LogP contribution in [0.4, 0.5) is 4.39 Å². The van der Waals surface area contributed by atoms with Gasteiger partial charge in [-0.15, -0.1) is 11.3 Å². The Hall–Kier alpha value is -2.32. The van der Waals surface area contributed by atoms with Crippen LogP contribution >= 0.6 is 11.3 Å². The van der Waals surface area contributed by atoms with Crippen molar-refractivity contribution in [3.05, 3.63) is 41.2 Å². The quantitative estimate of drug-likeness (QED) is 0.926. The number of aromatic nitrogens is 1. The fourth-order valence-electron chi connectivity index (χ4n) is 2.33. The van der Waals surface area contributed by atoms with Crippen LogP contribution in [0.1, 0.15) is 10.5 Å². The average Bonchev–Trinajstić information content (AvgIpc) is 3.04. The third-order valence-electron chi connectivity index (χ3n) is 3.50. The summed E-state index contributed by atoms with van der Waals surface area (Å²) >= 11 is 1.14. The van der Waals surface area contributed by atoms with E-state index >= 15 is 0 Å². The van der Waals surface area contributed by atoms with Crippen molar-refractivity contribution in [3.63, 3.8) is 0 Å². The van der Waals surface area contributed by atoms with Crippen LogP contribution in [0.15, 0.2) is 29.6 Å². The number of thiazole rings is 1. The summed E-state index contributed by atoms with van der Waals surface area (Å²) in [5, 5.41) is 11.1. The summed E-state index contributed by atoms with van der Waals surface area (Å²) in [6.07, 6.45) is 0. The molecular formula is C15H13FN2O4S. The zero-order chi connectivity index (χ0) is 16.4. The predicted octanol–water partition coefficient (Wildman–Crippen LogP) is 1.87. The summed E-state index contributed by atoms with van der Waals surface area (Å²) in [5.41, 5.74) is 0.426. The molecule has 1 aliphatic rings. The molecule has 0 spiro atoms. The zero-order valence-corrected chi connectivity index (χ0v) is 12.8. The largest absolute Gasteiger partial charge is 0.480 e. The topological polar surface area (TPSA) is 79.7 Å². The Kier molecular flexibility index (Phi) is 4.35. The second-order valence-corrected chi connectivity index (χ2v) is 5.80. The van der Waals surface area contributed by atoms with Crippen LogP contribution in [0.3, 0.4) is 0 Å². The number of hydrogen-bond acceptors (Lipinski definition) is 5. The van der Waals surface area contributed by atoms with Gasteiger partial charge in [0.2, 0.25) is 0 Å². The highest BCUT2D eigenvalue weighted by Gasteiger charge is 2.34. The molecule has 1 atom stereocenters. The summed E-state index contributed by atoms with van der Waals surface area (Å²) in [7, 11) is 0. The number of hydrogen-bond donors (Lipinski definition) is 1. The van der Waals surface area contributed by atoms with Crippen LogP contribution in [0, 0.1) is 5.82 Å². The lowest BCUT2D eigenvalue weighted by Gasteiger charge is -2.32. The van der Waals surface area contributed by atoms with Crippen LogP contribution in [0.5, 0.6) is 0 Å². The van der Waals surface area contributed by atoms with E-state index in [4.69, 9.17) is 4.74 Å². The second-order valence-electron chi connectivity index (χ2n) is 4.95. The standard InChI is InChI=1S/C15H13FN2O4S/c16-10-4-2-1-3-9(10)13-17-11(8-23-13)14(19)18-5-6-22-7-12(18)15(20)21/h1-4,8,12H,5-7H2,(H,20,21). The molecule has 1 fully saturated rings. The van der Waals surface area contributed by atoms with Gasteiger partial charge in [-0.05, 0) is 12.1 Å². The Morgan fingerprint density at radius 1 is 1.39 bits per heavy atom. The minimum atomic E-state index is -1.12. The Morgan fingerprint density at radius 2 is 2.17 bits per heavy atom. The van der Waals surface area contributed by atoms with Gasteiger partial charge < -0.3 is 14.7 Å². The van der Waals surface area contributed by atoms with Gasteiger partial charge in [-0.2, -0.15) is 0 Å². The van der Waals surface area contributed by atoms with Crippen molar-refractivity contribution < 1.29 is 23.8 Å². The van der Waals surface area contributed by atoms with E-state index in [9.17, 15) is 19.1 Å². The van der Waals surface area contributed by atoms with Gasteiger partial charge >= 0.3 is 5.97 Å². The molecule has 1 amide bonds. The highest BCUT2D eigenvalue weighted by molar-refractivity contribution is 7.13. The number of carbonyl (C=O) groups is 2. The van der Waals surface area contributed by atoms with E-state index in [-0.39, 0.29) is 25.5 Å². The number of aliphatic carboxylic acids is 1. The van der Waals surface area contributed by atoms with Crippen LogP contribution in [-0.2, 0) is 9.53 Å². The Morgan fingerprint density at radius 3 is 2.91 bits per heavy atom. The van der Waals surface area contributed by atoms with Crippen LogP contribution in [-0.4, -0.2) is 52.7 Å². The lowest BCUT2D eigenvalue weighted by atomic mass is 10.2. The van der Waals surface area contributed by atoms with Crippen molar-refractivity contribution in [2.24, 2.45) is 0 Å². The van der Waals surface area contributed by atoms with E-state index in [1.165, 1.54) is 16.3 Å². The SMILES string of the molecule is O=C(O)C1COCCN1C(=O)c1csc(-c2ccccc2F)n1. The summed E-state index contributed by atoms with van der Waals surface area (Å²) in [5.74, 6) is -2.03. The molecule has 0 aliphatic carbocycles. The number of ether oxygens (including phenoxy) is 1. The molecule has 1 aromatic heterocycles. The molecule has 8 heteroatoms. The molecular weight excluding hydrogens is 323 g/mol. The van der Waals surface area contributed by atoms with Crippen molar-refractivity contribution in [1.29, 1.82) is 0 Å². The number of nitrogens with zero attached hydrogens (tertiary/aromatic N) is 2. The lowest BCUT2D eigenvalue weighted by molar-refractivity contribution is -0.147. The molecule has 0 saturated carbocycles. The van der Waals surface area contributed by atoms with E-state index in [1.54, 1.807) is 18.2 Å². The number of morpholine rings is 1. The zero-order valence-electron chi connectivity index (χ0n) is 11.9. The maximum Gasteiger partial charge on any atom is 0.328 e. The summed E-state index contributed by atoms with van der Waals surface area (Å²) in [6.45, 7) is 0.410. The molecule has 2 heterocycles. The number of benzene rings is 1. The maximum atomic E-state index is 13.8. The van der Waals surface area contributed by atoms with Gasteiger partial charge in [-0.25, -0.2) is 14.2 Å². The fourth-order valence-corrected chi connectivity index (χ4v) is 3.15. The summed E-state index contributed by atoms with van der Waals surface area (Å²) < 4.78 is 18.9.